The van der Waals surface area contributed by atoms with Gasteiger partial charge in [0, 0.05) is 44.8 Å². The van der Waals surface area contributed by atoms with E-state index < -0.39 is 0 Å². The maximum atomic E-state index is 13.0. The van der Waals surface area contributed by atoms with E-state index in [2.05, 4.69) is 53.2 Å². The highest BCUT2D eigenvalue weighted by molar-refractivity contribution is 8.01. The SMILES string of the molecule is CCC1SC(c2ccccc2C)N(CCN2CCN(C(=O)NC(C)(C)C)CC2)C1=O. The summed E-state index contributed by atoms with van der Waals surface area (Å²) in [5.41, 5.74) is 2.26. The molecule has 0 aromatic heterocycles. The Morgan fingerprint density at radius 1 is 1.13 bits per heavy atom. The zero-order valence-electron chi connectivity index (χ0n) is 19.0. The van der Waals surface area contributed by atoms with E-state index in [1.54, 1.807) is 11.8 Å². The summed E-state index contributed by atoms with van der Waals surface area (Å²) < 4.78 is 0. The third-order valence-electron chi connectivity index (χ3n) is 5.76. The monoisotopic (exact) mass is 432 g/mol. The summed E-state index contributed by atoms with van der Waals surface area (Å²) >= 11 is 1.79. The number of amides is 3. The van der Waals surface area contributed by atoms with Gasteiger partial charge < -0.3 is 15.1 Å². The number of hydrogen-bond acceptors (Lipinski definition) is 4. The van der Waals surface area contributed by atoms with Gasteiger partial charge in [-0.25, -0.2) is 4.79 Å². The van der Waals surface area contributed by atoms with Crippen molar-refractivity contribution in [2.75, 3.05) is 39.3 Å². The van der Waals surface area contributed by atoms with E-state index in [0.717, 1.165) is 45.7 Å². The summed E-state index contributed by atoms with van der Waals surface area (Å²) in [7, 11) is 0. The third kappa shape index (κ3) is 5.49. The van der Waals surface area contributed by atoms with E-state index in [1.165, 1.54) is 11.1 Å². The van der Waals surface area contributed by atoms with Gasteiger partial charge in [0.25, 0.3) is 0 Å². The number of urea groups is 1. The average Bonchev–Trinajstić information content (AvgIpc) is 3.01. The molecule has 0 saturated carbocycles. The molecule has 2 aliphatic rings. The molecule has 2 saturated heterocycles. The number of aryl methyl sites for hydroxylation is 1. The Morgan fingerprint density at radius 2 is 1.80 bits per heavy atom. The summed E-state index contributed by atoms with van der Waals surface area (Å²) in [6.07, 6.45) is 0.865. The number of piperazine rings is 1. The molecule has 2 aliphatic heterocycles. The molecule has 166 valence electrons. The molecule has 6 nitrogen and oxygen atoms in total. The van der Waals surface area contributed by atoms with Crippen LogP contribution in [-0.4, -0.2) is 76.7 Å². The highest BCUT2D eigenvalue weighted by Gasteiger charge is 2.40. The molecule has 1 aromatic rings. The molecular formula is C23H36N4O2S. The minimum Gasteiger partial charge on any atom is -0.333 e. The molecule has 7 heteroatoms. The molecule has 2 unspecified atom stereocenters. The van der Waals surface area contributed by atoms with Gasteiger partial charge in [0.2, 0.25) is 5.91 Å². The van der Waals surface area contributed by atoms with Crippen molar-refractivity contribution in [3.8, 4) is 0 Å². The van der Waals surface area contributed by atoms with Crippen LogP contribution in [0.1, 0.15) is 50.6 Å². The molecule has 2 fully saturated rings. The van der Waals surface area contributed by atoms with Crippen LogP contribution in [0.25, 0.3) is 0 Å². The first-order chi connectivity index (χ1) is 14.2. The summed E-state index contributed by atoms with van der Waals surface area (Å²) in [6, 6.07) is 8.40. The second-order valence-corrected chi connectivity index (χ2v) is 10.6. The Balaban J connectivity index is 1.57. The second-order valence-electron chi connectivity index (χ2n) is 9.28. The number of nitrogens with zero attached hydrogens (tertiary/aromatic N) is 3. The van der Waals surface area contributed by atoms with E-state index >= 15 is 0 Å². The number of carbonyl (C=O) groups is 2. The number of rotatable bonds is 5. The van der Waals surface area contributed by atoms with Gasteiger partial charge in [0.1, 0.15) is 5.37 Å². The maximum Gasteiger partial charge on any atom is 0.317 e. The quantitative estimate of drug-likeness (QED) is 0.774. The van der Waals surface area contributed by atoms with Crippen LogP contribution in [0.15, 0.2) is 24.3 Å². The lowest BCUT2D eigenvalue weighted by Crippen LogP contribution is -2.55. The zero-order valence-corrected chi connectivity index (χ0v) is 19.8. The topological polar surface area (TPSA) is 55.9 Å². The number of hydrogen-bond donors (Lipinski definition) is 1. The van der Waals surface area contributed by atoms with Crippen molar-refractivity contribution >= 4 is 23.7 Å². The van der Waals surface area contributed by atoms with E-state index in [9.17, 15) is 9.59 Å². The van der Waals surface area contributed by atoms with Crippen LogP contribution in [0, 0.1) is 6.92 Å². The van der Waals surface area contributed by atoms with Crippen LogP contribution in [0.5, 0.6) is 0 Å². The van der Waals surface area contributed by atoms with Crippen molar-refractivity contribution in [1.82, 2.24) is 20.0 Å². The molecular weight excluding hydrogens is 396 g/mol. The Hall–Kier alpha value is -1.73. The standard InChI is InChI=1S/C23H36N4O2S/c1-6-19-20(28)27(21(30-19)18-10-8-7-9-17(18)2)16-13-25-11-14-26(15-12-25)22(29)24-23(3,4)5/h7-10,19,21H,6,11-16H2,1-5H3,(H,24,29). The van der Waals surface area contributed by atoms with Crippen LogP contribution in [0.2, 0.25) is 0 Å². The molecule has 0 radical (unpaired) electrons. The summed E-state index contributed by atoms with van der Waals surface area (Å²) in [4.78, 5) is 31.7. The van der Waals surface area contributed by atoms with E-state index in [0.29, 0.717) is 0 Å². The van der Waals surface area contributed by atoms with E-state index in [4.69, 9.17) is 0 Å². The molecule has 2 atom stereocenters. The van der Waals surface area contributed by atoms with Crippen molar-refractivity contribution < 1.29 is 9.59 Å². The van der Waals surface area contributed by atoms with Crippen LogP contribution >= 0.6 is 11.8 Å². The molecule has 3 rings (SSSR count). The molecule has 1 N–H and O–H groups in total. The Kier molecular flexibility index (Phi) is 7.34. The maximum absolute atomic E-state index is 13.0. The first-order valence-corrected chi connectivity index (χ1v) is 11.9. The van der Waals surface area contributed by atoms with Crippen LogP contribution in [0.4, 0.5) is 4.79 Å². The van der Waals surface area contributed by atoms with E-state index in [1.807, 2.05) is 25.7 Å². The minimum atomic E-state index is -0.220. The van der Waals surface area contributed by atoms with Gasteiger partial charge in [-0.1, -0.05) is 31.2 Å². The fourth-order valence-electron chi connectivity index (χ4n) is 4.01. The van der Waals surface area contributed by atoms with Crippen molar-refractivity contribution in [1.29, 1.82) is 0 Å². The van der Waals surface area contributed by atoms with Crippen molar-refractivity contribution in [2.45, 2.75) is 57.2 Å². The van der Waals surface area contributed by atoms with Gasteiger partial charge in [-0.2, -0.15) is 0 Å². The molecule has 2 heterocycles. The molecule has 30 heavy (non-hydrogen) atoms. The molecule has 3 amide bonds. The zero-order chi connectivity index (χ0) is 21.9. The van der Waals surface area contributed by atoms with Crippen LogP contribution in [-0.2, 0) is 4.79 Å². The van der Waals surface area contributed by atoms with Gasteiger partial charge in [0.05, 0.1) is 5.25 Å². The second kappa shape index (κ2) is 9.60. The highest BCUT2D eigenvalue weighted by Crippen LogP contribution is 2.44. The number of benzene rings is 1. The van der Waals surface area contributed by atoms with Gasteiger partial charge >= 0.3 is 6.03 Å². The van der Waals surface area contributed by atoms with Crippen molar-refractivity contribution in [3.05, 3.63) is 35.4 Å². The summed E-state index contributed by atoms with van der Waals surface area (Å²) in [5.74, 6) is 0.263. The molecule has 0 bridgehead atoms. The van der Waals surface area contributed by atoms with Crippen molar-refractivity contribution in [3.63, 3.8) is 0 Å². The summed E-state index contributed by atoms with van der Waals surface area (Å²) in [6.45, 7) is 14.9. The Labute approximate surface area is 185 Å². The Bertz CT molecular complexity index is 756. The first-order valence-electron chi connectivity index (χ1n) is 11.0. The lowest BCUT2D eigenvalue weighted by molar-refractivity contribution is -0.130. The highest BCUT2D eigenvalue weighted by atomic mass is 32.2. The fourth-order valence-corrected chi connectivity index (χ4v) is 5.54. The number of nitrogens with one attached hydrogen (secondary N) is 1. The number of thioether (sulfide) groups is 1. The third-order valence-corrected chi connectivity index (χ3v) is 7.39. The lowest BCUT2D eigenvalue weighted by atomic mass is 10.1. The smallest absolute Gasteiger partial charge is 0.317 e. The van der Waals surface area contributed by atoms with Crippen LogP contribution < -0.4 is 5.32 Å². The normalized spacial score (nSPS) is 23.2. The molecule has 0 aliphatic carbocycles. The lowest BCUT2D eigenvalue weighted by Gasteiger charge is -2.37. The van der Waals surface area contributed by atoms with Crippen molar-refractivity contribution in [2.24, 2.45) is 0 Å². The van der Waals surface area contributed by atoms with E-state index in [-0.39, 0.29) is 28.1 Å². The van der Waals surface area contributed by atoms with Crippen LogP contribution in [0.3, 0.4) is 0 Å². The predicted molar refractivity (Wildman–Crippen MR) is 124 cm³/mol. The van der Waals surface area contributed by atoms with Gasteiger partial charge in [-0.05, 0) is 45.2 Å². The van der Waals surface area contributed by atoms with Gasteiger partial charge in [-0.15, -0.1) is 11.8 Å². The first kappa shape index (κ1) is 22.9. The largest absolute Gasteiger partial charge is 0.333 e. The molecule has 0 spiro atoms. The Morgan fingerprint density at radius 3 is 2.40 bits per heavy atom. The minimum absolute atomic E-state index is 0.0127. The average molecular weight is 433 g/mol. The number of carbonyl (C=O) groups excluding carboxylic acids is 2. The van der Waals surface area contributed by atoms with Gasteiger partial charge in [0.15, 0.2) is 0 Å². The fraction of sp³-hybridized carbons (Fsp3) is 0.652. The van der Waals surface area contributed by atoms with Gasteiger partial charge in [-0.3, -0.25) is 9.69 Å². The molecule has 1 aromatic carbocycles. The predicted octanol–water partition coefficient (Wildman–Crippen LogP) is 3.47. The summed E-state index contributed by atoms with van der Waals surface area (Å²) in [5, 5.41) is 3.19.